The molecular formula is C12H19NO. The molecule has 0 bridgehead atoms. The third-order valence-corrected chi connectivity index (χ3v) is 2.57. The average molecular weight is 193 g/mol. The zero-order valence-corrected chi connectivity index (χ0v) is 8.99. The summed E-state index contributed by atoms with van der Waals surface area (Å²) in [6.45, 7) is 2.94. The van der Waals surface area contributed by atoms with Crippen molar-refractivity contribution in [1.29, 1.82) is 0 Å². The first-order chi connectivity index (χ1) is 6.81. The molecule has 0 radical (unpaired) electrons. The Kier molecular flexibility index (Phi) is 4.47. The highest BCUT2D eigenvalue weighted by Gasteiger charge is 2.08. The summed E-state index contributed by atoms with van der Waals surface area (Å²) in [5.74, 6) is 1.49. The van der Waals surface area contributed by atoms with Crippen molar-refractivity contribution in [2.24, 2.45) is 5.73 Å². The van der Waals surface area contributed by atoms with E-state index in [9.17, 15) is 0 Å². The van der Waals surface area contributed by atoms with Crippen LogP contribution >= 0.6 is 0 Å². The molecule has 78 valence electrons. The molecule has 0 spiro atoms. The van der Waals surface area contributed by atoms with E-state index in [2.05, 4.69) is 19.1 Å². The van der Waals surface area contributed by atoms with Crippen molar-refractivity contribution in [3.8, 4) is 5.75 Å². The quantitative estimate of drug-likeness (QED) is 0.780. The monoisotopic (exact) mass is 193 g/mol. The zero-order valence-electron chi connectivity index (χ0n) is 8.99. The van der Waals surface area contributed by atoms with Gasteiger partial charge in [-0.3, -0.25) is 0 Å². The standard InChI is InChI=1S/C12H19NO/c1-3-10(7-8-13)11-5-4-6-12(9-11)14-2/h4-6,9-10H,3,7-8,13H2,1-2H3. The Bertz CT molecular complexity index is 273. The lowest BCUT2D eigenvalue weighted by Gasteiger charge is -2.14. The zero-order chi connectivity index (χ0) is 10.4. The van der Waals surface area contributed by atoms with Crippen LogP contribution in [0.15, 0.2) is 24.3 Å². The van der Waals surface area contributed by atoms with Gasteiger partial charge in [-0.15, -0.1) is 0 Å². The summed E-state index contributed by atoms with van der Waals surface area (Å²) < 4.78 is 5.20. The van der Waals surface area contributed by atoms with Crippen LogP contribution in [0.3, 0.4) is 0 Å². The van der Waals surface area contributed by atoms with E-state index in [0.717, 1.165) is 25.1 Å². The van der Waals surface area contributed by atoms with Crippen LogP contribution in [0.2, 0.25) is 0 Å². The molecule has 1 unspecified atom stereocenters. The van der Waals surface area contributed by atoms with Crippen molar-refractivity contribution >= 4 is 0 Å². The minimum atomic E-state index is 0.565. The fraction of sp³-hybridized carbons (Fsp3) is 0.500. The average Bonchev–Trinajstić information content (AvgIpc) is 2.26. The highest BCUT2D eigenvalue weighted by molar-refractivity contribution is 5.30. The summed E-state index contributed by atoms with van der Waals surface area (Å²) >= 11 is 0. The Morgan fingerprint density at radius 2 is 2.21 bits per heavy atom. The minimum Gasteiger partial charge on any atom is -0.497 e. The summed E-state index contributed by atoms with van der Waals surface area (Å²) in [7, 11) is 1.70. The van der Waals surface area contributed by atoms with E-state index in [1.807, 2.05) is 12.1 Å². The summed E-state index contributed by atoms with van der Waals surface area (Å²) in [5, 5.41) is 0. The van der Waals surface area contributed by atoms with Gasteiger partial charge in [0.05, 0.1) is 7.11 Å². The van der Waals surface area contributed by atoms with Crippen molar-refractivity contribution in [2.45, 2.75) is 25.7 Å². The Hall–Kier alpha value is -1.02. The molecule has 0 fully saturated rings. The number of hydrogen-bond donors (Lipinski definition) is 1. The number of methoxy groups -OCH3 is 1. The molecule has 14 heavy (non-hydrogen) atoms. The van der Waals surface area contributed by atoms with Crippen LogP contribution in [0.4, 0.5) is 0 Å². The first-order valence-corrected chi connectivity index (χ1v) is 5.15. The summed E-state index contributed by atoms with van der Waals surface area (Å²) in [4.78, 5) is 0. The molecule has 0 aliphatic heterocycles. The Morgan fingerprint density at radius 1 is 1.43 bits per heavy atom. The highest BCUT2D eigenvalue weighted by Crippen LogP contribution is 2.25. The predicted octanol–water partition coefficient (Wildman–Crippen LogP) is 2.54. The fourth-order valence-corrected chi connectivity index (χ4v) is 1.70. The van der Waals surface area contributed by atoms with E-state index in [1.54, 1.807) is 7.11 Å². The van der Waals surface area contributed by atoms with Gasteiger partial charge in [-0.25, -0.2) is 0 Å². The van der Waals surface area contributed by atoms with Crippen LogP contribution in [-0.4, -0.2) is 13.7 Å². The van der Waals surface area contributed by atoms with Gasteiger partial charge in [-0.2, -0.15) is 0 Å². The van der Waals surface area contributed by atoms with Gasteiger partial charge in [0, 0.05) is 0 Å². The molecule has 1 atom stereocenters. The smallest absolute Gasteiger partial charge is 0.119 e. The van der Waals surface area contributed by atoms with Crippen LogP contribution in [0.5, 0.6) is 5.75 Å². The van der Waals surface area contributed by atoms with Gasteiger partial charge in [0.1, 0.15) is 5.75 Å². The second-order valence-electron chi connectivity index (χ2n) is 3.46. The molecule has 1 aromatic rings. The van der Waals surface area contributed by atoms with E-state index in [-0.39, 0.29) is 0 Å². The molecule has 0 amide bonds. The van der Waals surface area contributed by atoms with Crippen molar-refractivity contribution in [3.05, 3.63) is 29.8 Å². The van der Waals surface area contributed by atoms with E-state index in [1.165, 1.54) is 5.56 Å². The van der Waals surface area contributed by atoms with Crippen LogP contribution in [0.1, 0.15) is 31.2 Å². The van der Waals surface area contributed by atoms with E-state index >= 15 is 0 Å². The Balaban J connectivity index is 2.80. The predicted molar refractivity (Wildman–Crippen MR) is 59.7 cm³/mol. The molecule has 0 aromatic heterocycles. The van der Waals surface area contributed by atoms with Gasteiger partial charge in [0.15, 0.2) is 0 Å². The molecule has 2 heteroatoms. The SMILES string of the molecule is CCC(CCN)c1cccc(OC)c1. The summed E-state index contributed by atoms with van der Waals surface area (Å²) in [6.07, 6.45) is 2.17. The lowest BCUT2D eigenvalue weighted by atomic mass is 9.93. The van der Waals surface area contributed by atoms with Crippen molar-refractivity contribution < 1.29 is 4.74 Å². The summed E-state index contributed by atoms with van der Waals surface area (Å²) in [5.41, 5.74) is 6.91. The first-order valence-electron chi connectivity index (χ1n) is 5.15. The van der Waals surface area contributed by atoms with E-state index in [4.69, 9.17) is 10.5 Å². The fourth-order valence-electron chi connectivity index (χ4n) is 1.70. The Labute approximate surface area is 86.1 Å². The van der Waals surface area contributed by atoms with Crippen molar-refractivity contribution in [2.75, 3.05) is 13.7 Å². The van der Waals surface area contributed by atoms with Gasteiger partial charge in [0.25, 0.3) is 0 Å². The number of benzene rings is 1. The second-order valence-corrected chi connectivity index (χ2v) is 3.46. The van der Waals surface area contributed by atoms with Gasteiger partial charge in [0.2, 0.25) is 0 Å². The Morgan fingerprint density at radius 3 is 2.79 bits per heavy atom. The van der Waals surface area contributed by atoms with Gasteiger partial charge >= 0.3 is 0 Å². The molecule has 2 nitrogen and oxygen atoms in total. The number of nitrogens with two attached hydrogens (primary N) is 1. The second kappa shape index (κ2) is 5.66. The lowest BCUT2D eigenvalue weighted by Crippen LogP contribution is -2.06. The molecular weight excluding hydrogens is 174 g/mol. The van der Waals surface area contributed by atoms with Crippen LogP contribution in [0.25, 0.3) is 0 Å². The molecule has 2 N–H and O–H groups in total. The number of ether oxygens (including phenoxy) is 1. The van der Waals surface area contributed by atoms with Crippen molar-refractivity contribution in [3.63, 3.8) is 0 Å². The van der Waals surface area contributed by atoms with Gasteiger partial charge in [-0.1, -0.05) is 19.1 Å². The number of rotatable bonds is 5. The van der Waals surface area contributed by atoms with Gasteiger partial charge in [-0.05, 0) is 43.0 Å². The summed E-state index contributed by atoms with van der Waals surface area (Å²) in [6, 6.07) is 8.25. The molecule has 1 rings (SSSR count). The van der Waals surface area contributed by atoms with E-state index < -0.39 is 0 Å². The third kappa shape index (κ3) is 2.74. The highest BCUT2D eigenvalue weighted by atomic mass is 16.5. The molecule has 0 heterocycles. The van der Waals surface area contributed by atoms with Crippen LogP contribution in [0, 0.1) is 0 Å². The minimum absolute atomic E-state index is 0.565. The number of hydrogen-bond acceptors (Lipinski definition) is 2. The molecule has 0 saturated heterocycles. The van der Waals surface area contributed by atoms with Gasteiger partial charge < -0.3 is 10.5 Å². The maximum absolute atomic E-state index is 5.58. The topological polar surface area (TPSA) is 35.2 Å². The van der Waals surface area contributed by atoms with E-state index in [0.29, 0.717) is 5.92 Å². The molecule has 0 aliphatic carbocycles. The molecule has 0 aliphatic rings. The third-order valence-electron chi connectivity index (χ3n) is 2.57. The lowest BCUT2D eigenvalue weighted by molar-refractivity contribution is 0.413. The van der Waals surface area contributed by atoms with Crippen LogP contribution < -0.4 is 10.5 Å². The maximum Gasteiger partial charge on any atom is 0.119 e. The maximum atomic E-state index is 5.58. The first kappa shape index (κ1) is 11.1. The molecule has 0 saturated carbocycles. The molecule has 1 aromatic carbocycles. The van der Waals surface area contributed by atoms with Crippen molar-refractivity contribution in [1.82, 2.24) is 0 Å². The largest absolute Gasteiger partial charge is 0.497 e. The normalized spacial score (nSPS) is 12.5. The van der Waals surface area contributed by atoms with Crippen LogP contribution in [-0.2, 0) is 0 Å².